The van der Waals surface area contributed by atoms with Crippen molar-refractivity contribution in [2.75, 3.05) is 12.3 Å². The predicted octanol–water partition coefficient (Wildman–Crippen LogP) is 15.6. The summed E-state index contributed by atoms with van der Waals surface area (Å²) in [5, 5.41) is 1.79. The summed E-state index contributed by atoms with van der Waals surface area (Å²) in [4.78, 5) is 0. The van der Waals surface area contributed by atoms with Gasteiger partial charge in [-0.25, -0.2) is 0 Å². The van der Waals surface area contributed by atoms with Crippen LogP contribution in [0.15, 0.2) is 84.9 Å². The van der Waals surface area contributed by atoms with Gasteiger partial charge in [0.15, 0.2) is 0 Å². The maximum Gasteiger partial charge on any atom is 0.00391 e. The SMILES string of the molecule is CC(Cc1ccccc1)c1ccccc1C(C)(CP(C12CC3CC(CC(C3)C1)C2)C12CC3CC(CC(C3)C1)C2)C(CP(C(C)(C)C)C(C)(C)C)c1ccccc1. The largest absolute Gasteiger partial charge is 0.0950 e. The van der Waals surface area contributed by atoms with Crippen LogP contribution in [0.5, 0.6) is 0 Å². The Morgan fingerprint density at radius 1 is 0.554 bits per heavy atom. The van der Waals surface area contributed by atoms with E-state index in [2.05, 4.69) is 140 Å². The van der Waals surface area contributed by atoms with Crippen LogP contribution in [0.2, 0.25) is 0 Å². The number of hydrogen-bond acceptors (Lipinski definition) is 0. The predicted molar refractivity (Wildman–Crippen MR) is 246 cm³/mol. The summed E-state index contributed by atoms with van der Waals surface area (Å²) in [7, 11) is -0.494. The van der Waals surface area contributed by atoms with Crippen molar-refractivity contribution in [2.45, 2.75) is 177 Å². The Morgan fingerprint density at radius 2 is 0.964 bits per heavy atom. The molecule has 0 amide bonds. The highest BCUT2D eigenvalue weighted by atomic mass is 31.1. The van der Waals surface area contributed by atoms with Crippen LogP contribution in [0.3, 0.4) is 0 Å². The number of benzene rings is 3. The average molecular weight is 787 g/mol. The Balaban J connectivity index is 1.24. The Morgan fingerprint density at radius 3 is 1.41 bits per heavy atom. The molecule has 0 saturated heterocycles. The molecule has 0 heterocycles. The van der Waals surface area contributed by atoms with Gasteiger partial charge in [-0.15, -0.1) is 0 Å². The van der Waals surface area contributed by atoms with E-state index in [1.807, 2.05) is 0 Å². The third kappa shape index (κ3) is 7.48. The van der Waals surface area contributed by atoms with E-state index in [1.54, 1.807) is 93.7 Å². The second-order valence-electron chi connectivity index (χ2n) is 23.4. The molecule has 56 heavy (non-hydrogen) atoms. The maximum absolute atomic E-state index is 2.88. The zero-order chi connectivity index (χ0) is 39.1. The lowest BCUT2D eigenvalue weighted by Crippen LogP contribution is -2.58. The van der Waals surface area contributed by atoms with Gasteiger partial charge >= 0.3 is 0 Å². The van der Waals surface area contributed by atoms with Gasteiger partial charge < -0.3 is 0 Å². The fraction of sp³-hybridized carbons (Fsp3) is 0.667. The van der Waals surface area contributed by atoms with Gasteiger partial charge in [0.25, 0.3) is 0 Å². The molecule has 0 aliphatic heterocycles. The van der Waals surface area contributed by atoms with Gasteiger partial charge in [-0.3, -0.25) is 0 Å². The van der Waals surface area contributed by atoms with E-state index in [9.17, 15) is 0 Å². The molecule has 0 N–H and O–H groups in total. The van der Waals surface area contributed by atoms with Crippen LogP contribution in [-0.2, 0) is 11.8 Å². The summed E-state index contributed by atoms with van der Waals surface area (Å²) < 4.78 is 0. The minimum Gasteiger partial charge on any atom is -0.0950 e. The minimum absolute atomic E-state index is 0.0539. The van der Waals surface area contributed by atoms with Crippen LogP contribution in [0, 0.1) is 35.5 Å². The summed E-state index contributed by atoms with van der Waals surface area (Å²) >= 11 is 0. The normalized spacial score (nSPS) is 34.7. The van der Waals surface area contributed by atoms with Gasteiger partial charge in [0.05, 0.1) is 0 Å². The zero-order valence-electron chi connectivity index (χ0n) is 36.7. The lowest BCUT2D eigenvalue weighted by Gasteiger charge is -2.68. The van der Waals surface area contributed by atoms with Crippen LogP contribution < -0.4 is 0 Å². The first-order valence-electron chi connectivity index (χ1n) is 23.4. The maximum atomic E-state index is 2.88. The summed E-state index contributed by atoms with van der Waals surface area (Å²) in [6.07, 6.45) is 22.8. The van der Waals surface area contributed by atoms with Crippen molar-refractivity contribution < 1.29 is 0 Å². The third-order valence-corrected chi connectivity index (χ3v) is 25.4. The lowest BCUT2D eigenvalue weighted by atomic mass is 9.55. The topological polar surface area (TPSA) is 0 Å². The van der Waals surface area contributed by atoms with Crippen LogP contribution in [-0.4, -0.2) is 32.9 Å². The molecule has 8 fully saturated rings. The molecule has 3 aromatic carbocycles. The summed E-state index contributed by atoms with van der Waals surface area (Å²) in [5.41, 5.74) is 6.51. The highest BCUT2D eigenvalue weighted by Crippen LogP contribution is 2.80. The van der Waals surface area contributed by atoms with E-state index in [-0.39, 0.29) is 31.6 Å². The molecule has 8 aliphatic carbocycles. The van der Waals surface area contributed by atoms with Crippen LogP contribution in [0.25, 0.3) is 0 Å². The van der Waals surface area contributed by atoms with Gasteiger partial charge in [-0.05, 0) is 186 Å². The quantitative estimate of drug-likeness (QED) is 0.160. The Hall–Kier alpha value is -1.48. The van der Waals surface area contributed by atoms with Gasteiger partial charge in [-0.1, -0.05) is 156 Å². The highest BCUT2D eigenvalue weighted by Gasteiger charge is 2.64. The molecule has 0 nitrogen and oxygen atoms in total. The van der Waals surface area contributed by atoms with Crippen molar-refractivity contribution in [1.29, 1.82) is 0 Å². The average Bonchev–Trinajstić information content (AvgIpc) is 3.12. The molecule has 8 aliphatic rings. The van der Waals surface area contributed by atoms with Gasteiger partial charge in [-0.2, -0.15) is 0 Å². The van der Waals surface area contributed by atoms with E-state index < -0.39 is 0 Å². The second-order valence-corrected chi connectivity index (χ2v) is 30.4. The highest BCUT2D eigenvalue weighted by molar-refractivity contribution is 7.61. The van der Waals surface area contributed by atoms with Gasteiger partial charge in [0, 0.05) is 5.41 Å². The van der Waals surface area contributed by atoms with Crippen LogP contribution >= 0.6 is 15.8 Å². The molecule has 3 atom stereocenters. The van der Waals surface area contributed by atoms with Crippen molar-refractivity contribution in [3.8, 4) is 0 Å². The van der Waals surface area contributed by atoms with E-state index in [4.69, 9.17) is 0 Å². The number of hydrogen-bond donors (Lipinski definition) is 0. The van der Waals surface area contributed by atoms with Gasteiger partial charge in [0.2, 0.25) is 0 Å². The van der Waals surface area contributed by atoms with Crippen molar-refractivity contribution in [1.82, 2.24) is 0 Å². The molecule has 302 valence electrons. The lowest BCUT2D eigenvalue weighted by molar-refractivity contribution is 0.0181. The third-order valence-electron chi connectivity index (χ3n) is 17.1. The Kier molecular flexibility index (Phi) is 10.6. The summed E-state index contributed by atoms with van der Waals surface area (Å²) in [5.74, 6) is 7.07. The molecule has 3 unspecified atom stereocenters. The van der Waals surface area contributed by atoms with E-state index in [1.165, 1.54) is 17.9 Å². The van der Waals surface area contributed by atoms with Crippen molar-refractivity contribution in [3.05, 3.63) is 107 Å². The monoisotopic (exact) mass is 787 g/mol. The molecule has 0 radical (unpaired) electrons. The smallest absolute Gasteiger partial charge is 0.00391 e. The minimum atomic E-state index is -0.297. The zero-order valence-corrected chi connectivity index (χ0v) is 38.5. The molecule has 0 aromatic heterocycles. The molecular formula is C54H76P2. The van der Waals surface area contributed by atoms with Crippen LogP contribution in [0.4, 0.5) is 0 Å². The van der Waals surface area contributed by atoms with Gasteiger partial charge in [0.1, 0.15) is 0 Å². The van der Waals surface area contributed by atoms with Crippen molar-refractivity contribution >= 4 is 15.8 Å². The molecule has 11 rings (SSSR count). The van der Waals surface area contributed by atoms with Crippen LogP contribution in [0.1, 0.15) is 167 Å². The fourth-order valence-corrected chi connectivity index (χ4v) is 25.6. The molecule has 2 heteroatoms. The molecular weight excluding hydrogens is 711 g/mol. The first-order valence-corrected chi connectivity index (χ1v) is 26.4. The Bertz CT molecular complexity index is 1680. The second kappa shape index (κ2) is 14.9. The van der Waals surface area contributed by atoms with Crippen molar-refractivity contribution in [2.24, 2.45) is 35.5 Å². The summed E-state index contributed by atoms with van der Waals surface area (Å²) in [6.45, 7) is 20.9. The molecule has 3 aromatic rings. The van der Waals surface area contributed by atoms with E-state index in [0.29, 0.717) is 22.1 Å². The van der Waals surface area contributed by atoms with E-state index >= 15 is 0 Å². The first kappa shape index (κ1) is 40.0. The summed E-state index contributed by atoms with van der Waals surface area (Å²) in [6, 6.07) is 33.7. The number of rotatable bonds is 12. The standard InChI is InChI=1S/C54H76P2/c1-38(23-39-17-11-9-12-18-39)47-21-15-16-22-48(47)52(8,49(46-19-13-10-14-20-46)36-55(50(2,3)4)51(5,6)7)37-56(53-30-40-24-41(31-53)26-42(25-40)32-53)54-33-43-27-44(34-54)29-45(28-43)35-54/h9-22,38,40-45,49H,23-37H2,1-8H3. The molecule has 0 spiro atoms. The fourth-order valence-electron chi connectivity index (χ4n) is 16.0. The van der Waals surface area contributed by atoms with E-state index in [0.717, 1.165) is 41.9 Å². The molecule has 8 bridgehead atoms. The molecule has 8 saturated carbocycles. The first-order chi connectivity index (χ1) is 26.6. The Labute approximate surface area is 346 Å². The van der Waals surface area contributed by atoms with Crippen molar-refractivity contribution in [3.63, 3.8) is 0 Å².